The third-order valence-corrected chi connectivity index (χ3v) is 10.7. The predicted octanol–water partition coefficient (Wildman–Crippen LogP) is 13.2. The summed E-state index contributed by atoms with van der Waals surface area (Å²) in [7, 11) is 0. The van der Waals surface area contributed by atoms with Gasteiger partial charge in [-0.3, -0.25) is 0 Å². The Bertz CT molecular complexity index is 3220. The third-order valence-electron chi connectivity index (χ3n) is 10.7. The van der Waals surface area contributed by atoms with E-state index >= 15 is 0 Å². The van der Waals surface area contributed by atoms with Crippen molar-refractivity contribution in [3.05, 3.63) is 194 Å². The summed E-state index contributed by atoms with van der Waals surface area (Å²) < 4.78 is 8.99. The van der Waals surface area contributed by atoms with E-state index in [0.717, 1.165) is 83.0 Å². The summed E-state index contributed by atoms with van der Waals surface area (Å²) in [6.07, 6.45) is 0. The van der Waals surface area contributed by atoms with Gasteiger partial charge in [0.25, 0.3) is 0 Å². The second-order valence-corrected chi connectivity index (χ2v) is 14.0. The topological polar surface area (TPSA) is 56.7 Å². The molecule has 0 aliphatic carbocycles. The molecule has 0 N–H and O–H groups in total. The van der Waals surface area contributed by atoms with Crippen molar-refractivity contribution in [2.75, 3.05) is 0 Å². The summed E-state index contributed by atoms with van der Waals surface area (Å²) in [5.41, 5.74) is 12.2. The van der Waals surface area contributed by atoms with Crippen LogP contribution in [0.1, 0.15) is 0 Å². The van der Waals surface area contributed by atoms with Crippen molar-refractivity contribution in [1.29, 1.82) is 0 Å². The monoisotopic (exact) mass is 716 g/mol. The molecule has 11 rings (SSSR count). The number of nitrogens with zero attached hydrogens (tertiary/aromatic N) is 4. The number of benzene rings is 8. The summed E-state index contributed by atoms with van der Waals surface area (Å²) in [6, 6.07) is 67.3. The lowest BCUT2D eigenvalue weighted by Gasteiger charge is -2.11. The van der Waals surface area contributed by atoms with Gasteiger partial charge in [0, 0.05) is 50.0 Å². The van der Waals surface area contributed by atoms with Gasteiger partial charge in [-0.25, -0.2) is 15.0 Å². The number of hydrogen-bond acceptors (Lipinski definition) is 4. The molecule has 5 heteroatoms. The highest BCUT2D eigenvalue weighted by molar-refractivity contribution is 6.19. The first-order chi connectivity index (χ1) is 27.7. The van der Waals surface area contributed by atoms with Crippen LogP contribution in [0.3, 0.4) is 0 Å². The Morgan fingerprint density at radius 2 is 0.911 bits per heavy atom. The highest BCUT2D eigenvalue weighted by Gasteiger charge is 2.21. The summed E-state index contributed by atoms with van der Waals surface area (Å²) in [5.74, 6) is 1.79. The van der Waals surface area contributed by atoms with E-state index < -0.39 is 0 Å². The van der Waals surface area contributed by atoms with E-state index in [0.29, 0.717) is 17.5 Å². The second-order valence-electron chi connectivity index (χ2n) is 14.0. The zero-order valence-corrected chi connectivity index (χ0v) is 30.2. The molecule has 262 valence electrons. The van der Waals surface area contributed by atoms with Crippen LogP contribution in [0.25, 0.3) is 106 Å². The molecule has 56 heavy (non-hydrogen) atoms. The largest absolute Gasteiger partial charge is 0.456 e. The molecule has 0 bridgehead atoms. The third kappa shape index (κ3) is 5.37. The maximum Gasteiger partial charge on any atom is 0.164 e. The molecule has 0 aliphatic heterocycles. The smallest absolute Gasteiger partial charge is 0.164 e. The van der Waals surface area contributed by atoms with E-state index in [2.05, 4.69) is 168 Å². The van der Waals surface area contributed by atoms with Gasteiger partial charge in [-0.2, -0.15) is 0 Å². The lowest BCUT2D eigenvalue weighted by atomic mass is 10.0. The lowest BCUT2D eigenvalue weighted by Crippen LogP contribution is -2.00. The van der Waals surface area contributed by atoms with E-state index in [4.69, 9.17) is 19.4 Å². The Kier molecular flexibility index (Phi) is 7.42. The van der Waals surface area contributed by atoms with Crippen LogP contribution in [0.15, 0.2) is 199 Å². The molecule has 5 nitrogen and oxygen atoms in total. The molecule has 0 spiro atoms. The average Bonchev–Trinajstić information content (AvgIpc) is 3.81. The zero-order valence-electron chi connectivity index (χ0n) is 30.2. The van der Waals surface area contributed by atoms with Gasteiger partial charge in [0.15, 0.2) is 17.5 Å². The number of fused-ring (bicyclic) bond motifs is 6. The van der Waals surface area contributed by atoms with Crippen LogP contribution >= 0.6 is 0 Å². The van der Waals surface area contributed by atoms with Gasteiger partial charge < -0.3 is 8.98 Å². The lowest BCUT2D eigenvalue weighted by molar-refractivity contribution is 0.669. The van der Waals surface area contributed by atoms with Gasteiger partial charge >= 0.3 is 0 Å². The molecule has 0 saturated carbocycles. The molecule has 0 saturated heterocycles. The van der Waals surface area contributed by atoms with Gasteiger partial charge in [0.2, 0.25) is 0 Å². The molecule has 0 atom stereocenters. The summed E-state index contributed by atoms with van der Waals surface area (Å²) in [4.78, 5) is 15.6. The van der Waals surface area contributed by atoms with E-state index in [1.54, 1.807) is 0 Å². The minimum Gasteiger partial charge on any atom is -0.456 e. The van der Waals surface area contributed by atoms with Gasteiger partial charge in [0.1, 0.15) is 11.2 Å². The Morgan fingerprint density at radius 3 is 1.68 bits per heavy atom. The van der Waals surface area contributed by atoms with Crippen molar-refractivity contribution in [2.45, 2.75) is 0 Å². The Hall–Kier alpha value is -7.63. The fraction of sp³-hybridized carbons (Fsp3) is 0. The van der Waals surface area contributed by atoms with Gasteiger partial charge in [-0.1, -0.05) is 152 Å². The molecule has 0 aliphatic rings. The first-order valence-electron chi connectivity index (χ1n) is 18.8. The molecule has 0 radical (unpaired) electrons. The van der Waals surface area contributed by atoms with Crippen LogP contribution in [-0.2, 0) is 0 Å². The fourth-order valence-electron chi connectivity index (χ4n) is 8.00. The molecule has 0 fully saturated rings. The van der Waals surface area contributed by atoms with Crippen LogP contribution in [0.2, 0.25) is 0 Å². The van der Waals surface area contributed by atoms with E-state index in [9.17, 15) is 0 Å². The number of rotatable bonds is 6. The number of furan rings is 1. The second kappa shape index (κ2) is 13.0. The molecule has 3 heterocycles. The highest BCUT2D eigenvalue weighted by atomic mass is 16.3. The van der Waals surface area contributed by atoms with Crippen LogP contribution in [0.4, 0.5) is 0 Å². The minimum absolute atomic E-state index is 0.586. The summed E-state index contributed by atoms with van der Waals surface area (Å²) in [6.45, 7) is 0. The normalized spacial score (nSPS) is 11.6. The maximum atomic E-state index is 6.67. The molecule has 11 aromatic rings. The molecule has 3 aromatic heterocycles. The molecule has 0 amide bonds. The molecular weight excluding hydrogens is 685 g/mol. The average molecular weight is 717 g/mol. The van der Waals surface area contributed by atoms with Crippen molar-refractivity contribution < 1.29 is 4.42 Å². The first kappa shape index (κ1) is 31.9. The predicted molar refractivity (Wildman–Crippen MR) is 229 cm³/mol. The molecule has 0 unspecified atom stereocenters. The van der Waals surface area contributed by atoms with Crippen LogP contribution < -0.4 is 0 Å². The van der Waals surface area contributed by atoms with Crippen LogP contribution in [-0.4, -0.2) is 19.5 Å². The van der Waals surface area contributed by atoms with Gasteiger partial charge in [-0.15, -0.1) is 0 Å². The SMILES string of the molecule is c1ccc(-c2ccc(-c3nc(-c4cccc(-c5ccccc5)c4)nc(-c4cccc5oc6cc7c(cc6c45)c4ccccc4n7-c4ccccc4)n3)cc2)cc1. The zero-order chi connectivity index (χ0) is 37.0. The Morgan fingerprint density at radius 1 is 0.339 bits per heavy atom. The van der Waals surface area contributed by atoms with Crippen molar-refractivity contribution in [3.63, 3.8) is 0 Å². The Labute approximate surface area is 322 Å². The van der Waals surface area contributed by atoms with Crippen molar-refractivity contribution in [2.24, 2.45) is 0 Å². The van der Waals surface area contributed by atoms with Gasteiger partial charge in [-0.05, 0) is 58.7 Å². The fourth-order valence-corrected chi connectivity index (χ4v) is 8.00. The first-order valence-corrected chi connectivity index (χ1v) is 18.8. The molecule has 8 aromatic carbocycles. The quantitative estimate of drug-likeness (QED) is 0.172. The highest BCUT2D eigenvalue weighted by Crippen LogP contribution is 2.41. The number of aromatic nitrogens is 4. The standard InChI is InChI=1S/C51H32N4O/c1-4-14-33(15-5-1)35-26-28-36(29-27-35)49-52-50(38-19-12-18-37(30-38)34-16-6-2-7-17-34)54-51(53-49)41-23-13-25-46-48(41)43-31-42-40-22-10-11-24-44(40)55(39-20-8-3-9-21-39)45(42)32-47(43)56-46/h1-32H. The van der Waals surface area contributed by atoms with Gasteiger partial charge in [0.05, 0.1) is 11.0 Å². The van der Waals surface area contributed by atoms with Crippen LogP contribution in [0, 0.1) is 0 Å². The summed E-state index contributed by atoms with van der Waals surface area (Å²) in [5, 5.41) is 4.33. The van der Waals surface area contributed by atoms with Crippen molar-refractivity contribution in [3.8, 4) is 62.1 Å². The Balaban J connectivity index is 1.13. The maximum absolute atomic E-state index is 6.67. The van der Waals surface area contributed by atoms with E-state index in [1.165, 1.54) is 5.39 Å². The van der Waals surface area contributed by atoms with Crippen molar-refractivity contribution in [1.82, 2.24) is 19.5 Å². The number of para-hydroxylation sites is 2. The minimum atomic E-state index is 0.586. The van der Waals surface area contributed by atoms with Crippen LogP contribution in [0.5, 0.6) is 0 Å². The molecular formula is C51H32N4O. The van der Waals surface area contributed by atoms with E-state index in [1.807, 2.05) is 30.3 Å². The summed E-state index contributed by atoms with van der Waals surface area (Å²) >= 11 is 0. The van der Waals surface area contributed by atoms with E-state index in [-0.39, 0.29) is 0 Å². The van der Waals surface area contributed by atoms with Crippen molar-refractivity contribution >= 4 is 43.7 Å². The number of hydrogen-bond donors (Lipinski definition) is 0.